The molecule has 0 saturated heterocycles. The fraction of sp³-hybridized carbons (Fsp3) is 0.639. The molecule has 1 aromatic carbocycles. The second-order valence-electron chi connectivity index (χ2n) is 14.6. The number of hydrogen-bond donors (Lipinski definition) is 13. The van der Waals surface area contributed by atoms with Gasteiger partial charge in [0, 0.05) is 6.42 Å². The van der Waals surface area contributed by atoms with E-state index in [1.807, 2.05) is 0 Å². The van der Waals surface area contributed by atoms with E-state index in [1.165, 1.54) is 0 Å². The average Bonchev–Trinajstić information content (AvgIpc) is 3.15. The minimum Gasteiger partial charge on any atom is -0.480 e. The Labute approximate surface area is 340 Å². The number of benzene rings is 1. The Morgan fingerprint density at radius 1 is 0.610 bits per heavy atom. The van der Waals surface area contributed by atoms with Gasteiger partial charge in [0.2, 0.25) is 35.4 Å². The number of halogens is 3. The van der Waals surface area contributed by atoms with Gasteiger partial charge in [-0.1, -0.05) is 44.2 Å². The molecule has 0 aliphatic heterocycles. The molecule has 20 nitrogen and oxygen atoms in total. The zero-order valence-electron chi connectivity index (χ0n) is 33.3. The molecule has 0 heterocycles. The van der Waals surface area contributed by atoms with Crippen LogP contribution in [0.25, 0.3) is 0 Å². The first kappa shape index (κ1) is 52.1. The van der Waals surface area contributed by atoms with Crippen molar-refractivity contribution in [3.8, 4) is 0 Å². The van der Waals surface area contributed by atoms with E-state index in [4.69, 9.17) is 28.7 Å². The summed E-state index contributed by atoms with van der Waals surface area (Å²) in [7, 11) is 0. The smallest absolute Gasteiger partial charge is 0.394 e. The van der Waals surface area contributed by atoms with Crippen molar-refractivity contribution in [3.63, 3.8) is 0 Å². The molecule has 0 aliphatic rings. The van der Waals surface area contributed by atoms with Crippen LogP contribution in [0.15, 0.2) is 30.3 Å². The molecule has 0 saturated carbocycles. The van der Waals surface area contributed by atoms with Gasteiger partial charge < -0.3 is 70.8 Å². The van der Waals surface area contributed by atoms with Gasteiger partial charge in [-0.25, -0.2) is 4.79 Å². The highest BCUT2D eigenvalue weighted by Gasteiger charge is 2.50. The molecule has 0 fully saturated rings. The predicted octanol–water partition coefficient (Wildman–Crippen LogP) is -3.70. The van der Waals surface area contributed by atoms with E-state index in [-0.39, 0.29) is 58.3 Å². The lowest BCUT2D eigenvalue weighted by molar-refractivity contribution is -0.215. The van der Waals surface area contributed by atoms with E-state index in [9.17, 15) is 56.9 Å². The van der Waals surface area contributed by atoms with E-state index >= 15 is 0 Å². The van der Waals surface area contributed by atoms with Crippen molar-refractivity contribution in [2.45, 2.75) is 114 Å². The lowest BCUT2D eigenvalue weighted by Gasteiger charge is -2.33. The molecule has 59 heavy (non-hydrogen) atoms. The highest BCUT2D eigenvalue weighted by molar-refractivity contribution is 5.97. The van der Waals surface area contributed by atoms with E-state index in [0.717, 1.165) is 20.8 Å². The van der Waals surface area contributed by atoms with Crippen molar-refractivity contribution in [1.82, 2.24) is 31.9 Å². The average molecular weight is 848 g/mol. The van der Waals surface area contributed by atoms with E-state index in [1.54, 1.807) is 30.3 Å². The monoisotopic (exact) mass is 847 g/mol. The predicted molar refractivity (Wildman–Crippen MR) is 208 cm³/mol. The third kappa shape index (κ3) is 17.4. The summed E-state index contributed by atoms with van der Waals surface area (Å²) in [5.41, 5.74) is 26.1. The largest absolute Gasteiger partial charge is 0.480 e. The Morgan fingerprint density at radius 2 is 0.983 bits per heavy atom. The molecule has 1 aromatic rings. The van der Waals surface area contributed by atoms with E-state index < -0.39 is 108 Å². The van der Waals surface area contributed by atoms with Crippen LogP contribution in [0.3, 0.4) is 0 Å². The number of alkyl halides is 3. The van der Waals surface area contributed by atoms with Crippen LogP contribution in [0.4, 0.5) is 13.2 Å². The SMILES string of the molecule is C[C@@H](O)[C@H](NC(=O)[C@H](CCN)NC(=O)[C@H](CCN)NC(=O)[C@H](CC(C)(C)C(F)(F)F)NC(=O)[C@@H](Cc1ccccc1)NC(=O)[C@H](CCN)NC(=O)[C@@H](N)CCN)C(=O)O. The number of hydrogen-bond acceptors (Lipinski definition) is 13. The van der Waals surface area contributed by atoms with Gasteiger partial charge >= 0.3 is 12.1 Å². The van der Waals surface area contributed by atoms with Crippen LogP contribution in [0.2, 0.25) is 0 Å². The lowest BCUT2D eigenvalue weighted by atomic mass is 9.84. The fourth-order valence-electron chi connectivity index (χ4n) is 5.52. The summed E-state index contributed by atoms with van der Waals surface area (Å²) in [4.78, 5) is 92.0. The molecule has 0 radical (unpaired) electrons. The number of nitrogens with two attached hydrogens (primary N) is 5. The molecule has 0 aliphatic carbocycles. The second-order valence-corrected chi connectivity index (χ2v) is 14.6. The molecular formula is C36H60F3N11O9. The number of amides is 6. The fourth-order valence-corrected chi connectivity index (χ4v) is 5.52. The Balaban J connectivity index is 3.54. The third-order valence-corrected chi connectivity index (χ3v) is 9.16. The maximum atomic E-state index is 14.2. The van der Waals surface area contributed by atoms with Crippen molar-refractivity contribution in [2.24, 2.45) is 34.1 Å². The van der Waals surface area contributed by atoms with Crippen LogP contribution in [-0.2, 0) is 40.0 Å². The lowest BCUT2D eigenvalue weighted by Crippen LogP contribution is -2.61. The molecular weight excluding hydrogens is 787 g/mol. The van der Waals surface area contributed by atoms with Crippen molar-refractivity contribution in [3.05, 3.63) is 35.9 Å². The van der Waals surface area contributed by atoms with Gasteiger partial charge in [-0.05, 0) is 70.8 Å². The Hall–Kier alpha value is -4.94. The normalized spacial score (nSPS) is 15.8. The maximum Gasteiger partial charge on any atom is 0.394 e. The van der Waals surface area contributed by atoms with Crippen LogP contribution in [0, 0.1) is 5.41 Å². The molecule has 0 spiro atoms. The molecule has 23 heteroatoms. The summed E-state index contributed by atoms with van der Waals surface area (Å²) in [5.74, 6) is -7.69. The summed E-state index contributed by atoms with van der Waals surface area (Å²) in [6.45, 7) is 2.21. The molecule has 18 N–H and O–H groups in total. The molecule has 334 valence electrons. The molecule has 0 unspecified atom stereocenters. The van der Waals surface area contributed by atoms with E-state index in [2.05, 4.69) is 31.9 Å². The van der Waals surface area contributed by atoms with Crippen molar-refractivity contribution in [1.29, 1.82) is 0 Å². The number of carbonyl (C=O) groups excluding carboxylic acids is 6. The molecule has 0 bridgehead atoms. The molecule has 1 rings (SSSR count). The maximum absolute atomic E-state index is 14.2. The summed E-state index contributed by atoms with van der Waals surface area (Å²) in [5, 5.41) is 33.1. The van der Waals surface area contributed by atoms with Gasteiger partial charge in [-0.2, -0.15) is 13.2 Å². The number of aliphatic hydroxyl groups is 1. The van der Waals surface area contributed by atoms with Crippen molar-refractivity contribution < 1.29 is 56.9 Å². The molecule has 6 amide bonds. The first-order chi connectivity index (χ1) is 27.5. The Bertz CT molecular complexity index is 1550. The minimum atomic E-state index is -4.90. The topological polar surface area (TPSA) is 362 Å². The van der Waals surface area contributed by atoms with Gasteiger partial charge in [0.15, 0.2) is 6.04 Å². The second kappa shape index (κ2) is 24.9. The number of aliphatic hydroxyl groups excluding tert-OH is 1. The third-order valence-electron chi connectivity index (χ3n) is 9.16. The van der Waals surface area contributed by atoms with Gasteiger partial charge in [0.25, 0.3) is 0 Å². The zero-order chi connectivity index (χ0) is 45.1. The van der Waals surface area contributed by atoms with Crippen LogP contribution in [0.5, 0.6) is 0 Å². The van der Waals surface area contributed by atoms with E-state index in [0.29, 0.717) is 5.56 Å². The quantitative estimate of drug-likeness (QED) is 0.0427. The van der Waals surface area contributed by atoms with Crippen LogP contribution >= 0.6 is 0 Å². The first-order valence-electron chi connectivity index (χ1n) is 18.9. The number of aliphatic carboxylic acids is 1. The first-order valence-corrected chi connectivity index (χ1v) is 18.9. The summed E-state index contributed by atoms with van der Waals surface area (Å²) in [6.07, 6.45) is -8.30. The minimum absolute atomic E-state index is 0.0744. The van der Waals surface area contributed by atoms with Crippen LogP contribution in [0.1, 0.15) is 58.4 Å². The highest BCUT2D eigenvalue weighted by Crippen LogP contribution is 2.41. The summed E-state index contributed by atoms with van der Waals surface area (Å²) < 4.78 is 42.7. The van der Waals surface area contributed by atoms with Crippen LogP contribution < -0.4 is 60.6 Å². The summed E-state index contributed by atoms with van der Waals surface area (Å²) in [6, 6.07) is -2.61. The van der Waals surface area contributed by atoms with Gasteiger partial charge in [-0.3, -0.25) is 28.8 Å². The standard InChI is InChI=1S/C36H60F3N11O9/c1-19(51)27(34(58)59)50-31(55)24(12-16-43)46-29(53)23(11-15-42)47-33(57)26(18-35(2,3)36(37,38)39)49-32(56)25(17-20-7-5-4-6-8-20)48-30(54)22(10-14-41)45-28(52)21(44)9-13-40/h4-8,19,21-27,51H,9-18,40-44H2,1-3H3,(H,45,52)(H,46,53)(H,47,57)(H,48,54)(H,49,56)(H,50,55)(H,58,59)/t19-,21+,22+,23+,24+,25-,26+,27+/m1/s1. The Kier molecular flexibility index (Phi) is 21.9. The number of carboxylic acids is 1. The van der Waals surface area contributed by atoms with Gasteiger partial charge in [-0.15, -0.1) is 0 Å². The molecule has 0 aromatic heterocycles. The number of carbonyl (C=O) groups is 7. The summed E-state index contributed by atoms with van der Waals surface area (Å²) >= 11 is 0. The van der Waals surface area contributed by atoms with Crippen molar-refractivity contribution in [2.75, 3.05) is 26.2 Å². The van der Waals surface area contributed by atoms with Crippen molar-refractivity contribution >= 4 is 41.4 Å². The number of carboxylic acid groups (broad SMARTS) is 1. The Morgan fingerprint density at radius 3 is 1.39 bits per heavy atom. The van der Waals surface area contributed by atoms with Crippen LogP contribution in [-0.4, -0.2) is 132 Å². The highest BCUT2D eigenvalue weighted by atomic mass is 19.4. The number of nitrogens with one attached hydrogen (secondary N) is 6. The van der Waals surface area contributed by atoms with Gasteiger partial charge in [0.1, 0.15) is 30.2 Å². The number of rotatable bonds is 26. The molecule has 8 atom stereocenters. The zero-order valence-corrected chi connectivity index (χ0v) is 33.3. The van der Waals surface area contributed by atoms with Gasteiger partial charge in [0.05, 0.1) is 17.6 Å².